The molecule has 0 bridgehead atoms. The summed E-state index contributed by atoms with van der Waals surface area (Å²) in [5, 5.41) is 20.1. The van der Waals surface area contributed by atoms with Crippen molar-refractivity contribution in [2.24, 2.45) is 0 Å². The molecule has 1 amide bonds. The highest BCUT2D eigenvalue weighted by Crippen LogP contribution is 2.43. The molecule has 10 heteroatoms. The number of amides is 1. The van der Waals surface area contributed by atoms with E-state index >= 15 is 0 Å². The first-order chi connectivity index (χ1) is 14.7. The van der Waals surface area contributed by atoms with Crippen LogP contribution < -0.4 is 5.32 Å². The Kier molecular flexibility index (Phi) is 6.85. The van der Waals surface area contributed by atoms with E-state index in [4.69, 9.17) is 5.11 Å². The molecule has 0 saturated heterocycles. The second kappa shape index (κ2) is 9.39. The molecule has 162 valence electrons. The van der Waals surface area contributed by atoms with Crippen molar-refractivity contribution in [1.29, 1.82) is 5.26 Å². The van der Waals surface area contributed by atoms with E-state index in [-0.39, 0.29) is 34.4 Å². The average Bonchev–Trinajstić information content (AvgIpc) is 2.74. The third kappa shape index (κ3) is 5.35. The predicted molar refractivity (Wildman–Crippen MR) is 107 cm³/mol. The molecule has 0 aliphatic heterocycles. The molecule has 1 atom stereocenters. The number of nitrogens with one attached hydrogen (secondary N) is 1. The van der Waals surface area contributed by atoms with E-state index in [0.717, 1.165) is 5.56 Å². The summed E-state index contributed by atoms with van der Waals surface area (Å²) in [4.78, 5) is 26.6. The molecule has 1 aromatic heterocycles. The van der Waals surface area contributed by atoms with Crippen LogP contribution in [0.4, 0.5) is 13.2 Å². The molecule has 1 unspecified atom stereocenters. The zero-order valence-corrected chi connectivity index (χ0v) is 17.0. The van der Waals surface area contributed by atoms with Crippen LogP contribution in [0.1, 0.15) is 40.3 Å². The second-order valence-electron chi connectivity index (χ2n) is 7.01. The average molecular weight is 449 g/mol. The van der Waals surface area contributed by atoms with Gasteiger partial charge in [-0.1, -0.05) is 42.1 Å². The zero-order valence-electron chi connectivity index (χ0n) is 16.2. The summed E-state index contributed by atoms with van der Waals surface area (Å²) in [5.74, 6) is -2.37. The number of hydrogen-bond donors (Lipinski definition) is 2. The lowest BCUT2D eigenvalue weighted by Crippen LogP contribution is -2.30. The van der Waals surface area contributed by atoms with Gasteiger partial charge in [0.1, 0.15) is 17.6 Å². The highest BCUT2D eigenvalue weighted by molar-refractivity contribution is 8.00. The van der Waals surface area contributed by atoms with Gasteiger partial charge in [-0.25, -0.2) is 4.98 Å². The van der Waals surface area contributed by atoms with Crippen LogP contribution in [-0.4, -0.2) is 34.3 Å². The smallest absolute Gasteiger partial charge is 0.418 e. The van der Waals surface area contributed by atoms with Crippen LogP contribution in [0, 0.1) is 11.3 Å². The van der Waals surface area contributed by atoms with E-state index in [1.54, 1.807) is 6.07 Å². The maximum Gasteiger partial charge on any atom is 0.418 e. The molecular weight excluding hydrogens is 431 g/mol. The molecule has 6 nitrogen and oxygen atoms in total. The van der Waals surface area contributed by atoms with Crippen LogP contribution in [0.25, 0.3) is 0 Å². The van der Waals surface area contributed by atoms with Crippen LogP contribution in [0.15, 0.2) is 35.4 Å². The Labute approximate surface area is 180 Å². The van der Waals surface area contributed by atoms with Crippen LogP contribution in [0.2, 0.25) is 0 Å². The number of aryl methyl sites for hydroxylation is 1. The monoisotopic (exact) mass is 449 g/mol. The van der Waals surface area contributed by atoms with Gasteiger partial charge >= 0.3 is 12.1 Å². The minimum atomic E-state index is -4.75. The molecule has 0 radical (unpaired) electrons. The number of benzene rings is 1. The Bertz CT molecular complexity index is 1040. The molecular formula is C21H18F3N3O3S. The fourth-order valence-corrected chi connectivity index (χ4v) is 4.46. The summed E-state index contributed by atoms with van der Waals surface area (Å²) in [7, 11) is 0. The van der Waals surface area contributed by atoms with Crippen LogP contribution in [0.3, 0.4) is 0 Å². The fraction of sp³-hybridized carbons (Fsp3) is 0.333. The summed E-state index contributed by atoms with van der Waals surface area (Å²) in [6.07, 6.45) is -3.68. The number of carbonyl (C=O) groups is 2. The first-order valence-electron chi connectivity index (χ1n) is 9.40. The van der Waals surface area contributed by atoms with Crippen molar-refractivity contribution in [1.82, 2.24) is 10.3 Å². The number of thioether (sulfide) groups is 1. The summed E-state index contributed by atoms with van der Waals surface area (Å²) < 4.78 is 42.0. The highest BCUT2D eigenvalue weighted by atomic mass is 32.2. The van der Waals surface area contributed by atoms with Gasteiger partial charge in [-0.2, -0.15) is 18.4 Å². The molecule has 2 N–H and O–H groups in total. The van der Waals surface area contributed by atoms with Crippen molar-refractivity contribution in [2.45, 2.75) is 36.4 Å². The van der Waals surface area contributed by atoms with E-state index in [0.29, 0.717) is 24.6 Å². The zero-order chi connectivity index (χ0) is 22.6. The Morgan fingerprint density at radius 3 is 2.61 bits per heavy atom. The molecule has 1 heterocycles. The predicted octanol–water partition coefficient (Wildman–Crippen LogP) is 3.54. The van der Waals surface area contributed by atoms with Crippen molar-refractivity contribution in [2.75, 3.05) is 12.3 Å². The van der Waals surface area contributed by atoms with Crippen molar-refractivity contribution in [3.8, 4) is 6.07 Å². The lowest BCUT2D eigenvalue weighted by atomic mass is 9.79. The molecule has 31 heavy (non-hydrogen) atoms. The molecule has 3 rings (SSSR count). The quantitative estimate of drug-likeness (QED) is 0.654. The number of rotatable bonds is 6. The molecule has 1 aliphatic rings. The van der Waals surface area contributed by atoms with Gasteiger partial charge in [0.15, 0.2) is 0 Å². The van der Waals surface area contributed by atoms with Crippen molar-refractivity contribution in [3.63, 3.8) is 0 Å². The van der Waals surface area contributed by atoms with Gasteiger partial charge in [-0.05, 0) is 36.3 Å². The largest absolute Gasteiger partial charge is 0.480 e. The number of carbonyl (C=O) groups excluding carboxylic acids is 1. The van der Waals surface area contributed by atoms with E-state index in [2.05, 4.69) is 10.3 Å². The number of aliphatic carboxylic acids is 1. The molecule has 0 saturated carbocycles. The molecule has 1 aliphatic carbocycles. The summed E-state index contributed by atoms with van der Waals surface area (Å²) >= 11 is 0.693. The number of aromatic nitrogens is 1. The number of carboxylic acid groups (broad SMARTS) is 1. The number of carboxylic acids is 1. The Hall–Kier alpha value is -3.06. The summed E-state index contributed by atoms with van der Waals surface area (Å²) in [6.45, 7) is -0.600. The lowest BCUT2D eigenvalue weighted by molar-refractivity contribution is -0.139. The van der Waals surface area contributed by atoms with E-state index in [1.807, 2.05) is 30.3 Å². The number of hydrogen-bond acceptors (Lipinski definition) is 5. The fourth-order valence-electron chi connectivity index (χ4n) is 3.62. The van der Waals surface area contributed by atoms with E-state index in [1.165, 1.54) is 0 Å². The van der Waals surface area contributed by atoms with E-state index < -0.39 is 35.7 Å². The van der Waals surface area contributed by atoms with Crippen LogP contribution >= 0.6 is 11.8 Å². The van der Waals surface area contributed by atoms with Gasteiger partial charge in [0.05, 0.1) is 16.9 Å². The van der Waals surface area contributed by atoms with Gasteiger partial charge in [-0.3, -0.25) is 9.59 Å². The minimum Gasteiger partial charge on any atom is -0.480 e. The molecule has 1 aromatic carbocycles. The molecule has 0 spiro atoms. The maximum absolute atomic E-state index is 14.0. The molecule has 0 fully saturated rings. The normalized spacial score (nSPS) is 15.6. The van der Waals surface area contributed by atoms with Gasteiger partial charge < -0.3 is 10.4 Å². The van der Waals surface area contributed by atoms with Gasteiger partial charge in [0.2, 0.25) is 5.91 Å². The Balaban J connectivity index is 1.95. The molecule has 2 aromatic rings. The second-order valence-corrected chi connectivity index (χ2v) is 7.98. The SMILES string of the molecule is N#Cc1c(SCC(=O)NCC(=O)O)nc2c(c1C(F)(F)F)CC(c1ccccc1)CC2. The summed E-state index contributed by atoms with van der Waals surface area (Å²) in [5.41, 5.74) is -0.339. The minimum absolute atomic E-state index is 0.0313. The van der Waals surface area contributed by atoms with Crippen molar-refractivity contribution in [3.05, 3.63) is 58.3 Å². The van der Waals surface area contributed by atoms with Gasteiger partial charge in [0, 0.05) is 5.69 Å². The third-order valence-electron chi connectivity index (χ3n) is 4.97. The Morgan fingerprint density at radius 2 is 2.00 bits per heavy atom. The first-order valence-corrected chi connectivity index (χ1v) is 10.4. The first kappa shape index (κ1) is 22.6. The third-order valence-corrected chi connectivity index (χ3v) is 5.95. The number of nitrogens with zero attached hydrogens (tertiary/aromatic N) is 2. The van der Waals surface area contributed by atoms with Crippen molar-refractivity contribution >= 4 is 23.6 Å². The summed E-state index contributed by atoms with van der Waals surface area (Å²) in [6, 6.07) is 10.9. The van der Waals surface area contributed by atoms with Gasteiger partial charge in [0.25, 0.3) is 0 Å². The van der Waals surface area contributed by atoms with E-state index in [9.17, 15) is 28.0 Å². The topological polar surface area (TPSA) is 103 Å². The highest BCUT2D eigenvalue weighted by Gasteiger charge is 2.41. The number of halogens is 3. The lowest BCUT2D eigenvalue weighted by Gasteiger charge is -2.28. The van der Waals surface area contributed by atoms with Crippen molar-refractivity contribution < 1.29 is 27.9 Å². The standard InChI is InChI=1S/C21H18F3N3O3S/c22-21(23,24)19-14-8-13(12-4-2-1-3-5-12)6-7-16(14)27-20(15(19)9-25)31-11-17(28)26-10-18(29)30/h1-5,13H,6-8,10-11H2,(H,26,28)(H,29,30). The number of fused-ring (bicyclic) bond motifs is 1. The van der Waals surface area contributed by atoms with Crippen LogP contribution in [-0.2, 0) is 28.6 Å². The van der Waals surface area contributed by atoms with Crippen LogP contribution in [0.5, 0.6) is 0 Å². The number of alkyl halides is 3. The maximum atomic E-state index is 14.0. The van der Waals surface area contributed by atoms with Gasteiger partial charge in [-0.15, -0.1) is 0 Å². The Morgan fingerprint density at radius 1 is 1.29 bits per heavy atom. The number of nitriles is 1. The number of pyridine rings is 1.